The summed E-state index contributed by atoms with van der Waals surface area (Å²) in [6.45, 7) is 0. The fourth-order valence-corrected chi connectivity index (χ4v) is 0.991. The van der Waals surface area contributed by atoms with Crippen LogP contribution in [0, 0.1) is 0 Å². The van der Waals surface area contributed by atoms with Gasteiger partial charge in [-0.2, -0.15) is 26.3 Å². The van der Waals surface area contributed by atoms with Gasteiger partial charge in [0.1, 0.15) is 0 Å². The van der Waals surface area contributed by atoms with E-state index in [1.54, 1.807) is 4.98 Å². The Hall–Kier alpha value is -0.850. The number of rotatable bonds is 3. The summed E-state index contributed by atoms with van der Waals surface area (Å²) in [5, 5.41) is -5.33. The van der Waals surface area contributed by atoms with Gasteiger partial charge in [0, 0.05) is 6.20 Å². The van der Waals surface area contributed by atoms with Crippen LogP contribution in [0.3, 0.4) is 0 Å². The summed E-state index contributed by atoms with van der Waals surface area (Å²) in [5.41, 5.74) is -1.33. The Labute approximate surface area is 85.0 Å². The number of aromatic amines is 1. The van der Waals surface area contributed by atoms with Gasteiger partial charge in [-0.1, -0.05) is 0 Å². The van der Waals surface area contributed by atoms with E-state index in [9.17, 15) is 26.3 Å². The van der Waals surface area contributed by atoms with Crippen molar-refractivity contribution in [1.82, 2.24) is 4.98 Å². The highest BCUT2D eigenvalue weighted by atomic mass is 35.5. The van der Waals surface area contributed by atoms with Crippen molar-refractivity contribution in [2.24, 2.45) is 0 Å². The number of hydrogen-bond acceptors (Lipinski definition) is 0. The molecule has 0 saturated heterocycles. The van der Waals surface area contributed by atoms with Crippen LogP contribution >= 0.6 is 11.6 Å². The number of aromatic nitrogens is 1. The van der Waals surface area contributed by atoms with E-state index in [0.717, 1.165) is 12.3 Å². The molecule has 1 rings (SSSR count). The summed E-state index contributed by atoms with van der Waals surface area (Å²) in [5.74, 6) is -10.7. The third kappa shape index (κ3) is 1.80. The molecule has 0 aliphatic carbocycles. The van der Waals surface area contributed by atoms with Gasteiger partial charge >= 0.3 is 17.2 Å². The fraction of sp³-hybridized carbons (Fsp3) is 0.429. The van der Waals surface area contributed by atoms with Crippen LogP contribution in [0.25, 0.3) is 0 Å². The Bertz CT molecular complexity index is 328. The van der Waals surface area contributed by atoms with Gasteiger partial charge in [-0.15, -0.1) is 0 Å². The Balaban J connectivity index is 3.17. The van der Waals surface area contributed by atoms with Crippen LogP contribution in [-0.2, 0) is 5.92 Å². The van der Waals surface area contributed by atoms with Crippen LogP contribution in [0.1, 0.15) is 5.69 Å². The summed E-state index contributed by atoms with van der Waals surface area (Å²) >= 11 is 3.95. The van der Waals surface area contributed by atoms with Crippen molar-refractivity contribution in [2.75, 3.05) is 0 Å². The molecule has 0 amide bonds. The second-order valence-corrected chi connectivity index (χ2v) is 3.21. The van der Waals surface area contributed by atoms with Crippen molar-refractivity contribution in [3.63, 3.8) is 0 Å². The standard InChI is InChI=1S/C7H4ClF6N/c8-7(13,14)6(11,12)5(9,10)4-2-1-3-15-4/h1-3,15H. The number of halogens is 7. The molecule has 0 radical (unpaired) electrons. The van der Waals surface area contributed by atoms with Crippen molar-refractivity contribution < 1.29 is 26.3 Å². The second-order valence-electron chi connectivity index (χ2n) is 2.73. The van der Waals surface area contributed by atoms with E-state index in [2.05, 4.69) is 11.6 Å². The molecule has 0 saturated carbocycles. The second kappa shape index (κ2) is 3.33. The molecule has 0 bridgehead atoms. The van der Waals surface area contributed by atoms with E-state index in [1.165, 1.54) is 0 Å². The van der Waals surface area contributed by atoms with Crippen molar-refractivity contribution >= 4 is 11.6 Å². The quantitative estimate of drug-likeness (QED) is 0.624. The van der Waals surface area contributed by atoms with E-state index in [-0.39, 0.29) is 0 Å². The largest absolute Gasteiger partial charge is 0.392 e. The molecule has 86 valence electrons. The summed E-state index contributed by atoms with van der Waals surface area (Å²) in [6, 6.07) is 1.54. The zero-order chi connectivity index (χ0) is 11.9. The van der Waals surface area contributed by atoms with Gasteiger partial charge in [-0.05, 0) is 23.7 Å². The monoisotopic (exact) mass is 251 g/mol. The molecule has 8 heteroatoms. The molecule has 15 heavy (non-hydrogen) atoms. The van der Waals surface area contributed by atoms with Gasteiger partial charge in [0.2, 0.25) is 0 Å². The average Bonchev–Trinajstić information content (AvgIpc) is 2.53. The van der Waals surface area contributed by atoms with E-state index >= 15 is 0 Å². The molecule has 1 aromatic rings. The van der Waals surface area contributed by atoms with Gasteiger partial charge in [-0.3, -0.25) is 0 Å². The van der Waals surface area contributed by atoms with Gasteiger partial charge in [0.15, 0.2) is 0 Å². The normalized spacial score (nSPS) is 14.3. The lowest BCUT2D eigenvalue weighted by atomic mass is 10.1. The minimum atomic E-state index is -5.67. The van der Waals surface area contributed by atoms with Gasteiger partial charge in [-0.25, -0.2) is 0 Å². The maximum absolute atomic E-state index is 12.9. The van der Waals surface area contributed by atoms with Crippen LogP contribution in [0.15, 0.2) is 18.3 Å². The Morgan fingerprint density at radius 3 is 1.93 bits per heavy atom. The summed E-state index contributed by atoms with van der Waals surface area (Å²) in [7, 11) is 0. The maximum Gasteiger partial charge on any atom is 0.392 e. The number of hydrogen-bond donors (Lipinski definition) is 1. The zero-order valence-electron chi connectivity index (χ0n) is 6.88. The lowest BCUT2D eigenvalue weighted by Gasteiger charge is -2.28. The molecular weight excluding hydrogens is 248 g/mol. The summed E-state index contributed by atoms with van der Waals surface area (Å²) in [6.07, 6.45) is 0.908. The first kappa shape index (κ1) is 12.2. The van der Waals surface area contributed by atoms with Crippen molar-refractivity contribution in [1.29, 1.82) is 0 Å². The molecule has 0 unspecified atom stereocenters. The molecule has 0 spiro atoms. The summed E-state index contributed by atoms with van der Waals surface area (Å²) in [4.78, 5) is 1.73. The molecule has 0 aliphatic rings. The Kier molecular flexibility index (Phi) is 2.71. The van der Waals surface area contributed by atoms with Crippen LogP contribution < -0.4 is 0 Å². The molecule has 0 atom stereocenters. The smallest absolute Gasteiger partial charge is 0.360 e. The molecule has 0 aromatic carbocycles. The highest BCUT2D eigenvalue weighted by Gasteiger charge is 2.72. The first-order chi connectivity index (χ1) is 6.61. The molecule has 0 fully saturated rings. The van der Waals surface area contributed by atoms with Crippen LogP contribution in [-0.4, -0.2) is 16.3 Å². The molecule has 0 aliphatic heterocycles. The van der Waals surface area contributed by atoms with Crippen LogP contribution in [0.4, 0.5) is 26.3 Å². The minimum Gasteiger partial charge on any atom is -0.360 e. The van der Waals surface area contributed by atoms with Gasteiger partial charge < -0.3 is 4.98 Å². The lowest BCUT2D eigenvalue weighted by Crippen LogP contribution is -2.49. The molecular formula is C7H4ClF6N. The first-order valence-corrected chi connectivity index (χ1v) is 3.94. The van der Waals surface area contributed by atoms with E-state index in [1.807, 2.05) is 0 Å². The van der Waals surface area contributed by atoms with Crippen molar-refractivity contribution in [3.8, 4) is 0 Å². The predicted octanol–water partition coefficient (Wildman–Crippen LogP) is 3.57. The Morgan fingerprint density at radius 2 is 1.60 bits per heavy atom. The fourth-order valence-electron chi connectivity index (χ4n) is 0.873. The number of nitrogens with one attached hydrogen (secondary N) is 1. The van der Waals surface area contributed by atoms with E-state index in [4.69, 9.17) is 0 Å². The topological polar surface area (TPSA) is 15.8 Å². The zero-order valence-corrected chi connectivity index (χ0v) is 7.63. The lowest BCUT2D eigenvalue weighted by molar-refractivity contribution is -0.287. The Morgan fingerprint density at radius 1 is 1.07 bits per heavy atom. The van der Waals surface area contributed by atoms with Crippen molar-refractivity contribution in [2.45, 2.75) is 17.2 Å². The average molecular weight is 252 g/mol. The van der Waals surface area contributed by atoms with Crippen LogP contribution in [0.5, 0.6) is 0 Å². The summed E-state index contributed by atoms with van der Waals surface area (Å²) < 4.78 is 75.3. The molecule has 1 N–H and O–H groups in total. The third-order valence-corrected chi connectivity index (χ3v) is 1.92. The third-order valence-electron chi connectivity index (χ3n) is 1.69. The van der Waals surface area contributed by atoms with E-state index < -0.39 is 22.9 Å². The van der Waals surface area contributed by atoms with Gasteiger partial charge in [0.05, 0.1) is 5.69 Å². The maximum atomic E-state index is 12.9. The molecule has 1 aromatic heterocycles. The predicted molar refractivity (Wildman–Crippen MR) is 40.4 cm³/mol. The van der Waals surface area contributed by atoms with Crippen LogP contribution in [0.2, 0.25) is 0 Å². The number of H-pyrrole nitrogens is 1. The number of alkyl halides is 7. The SMILES string of the molecule is FC(F)(Cl)C(F)(F)C(F)(F)c1ccc[nH]1. The van der Waals surface area contributed by atoms with Gasteiger partial charge in [0.25, 0.3) is 0 Å². The minimum absolute atomic E-state index is 0.566. The first-order valence-electron chi connectivity index (χ1n) is 3.57. The molecule has 1 heterocycles. The van der Waals surface area contributed by atoms with Crippen molar-refractivity contribution in [3.05, 3.63) is 24.0 Å². The highest BCUT2D eigenvalue weighted by molar-refractivity contribution is 6.22. The highest BCUT2D eigenvalue weighted by Crippen LogP contribution is 2.52. The molecule has 1 nitrogen and oxygen atoms in total. The van der Waals surface area contributed by atoms with E-state index in [0.29, 0.717) is 6.07 Å².